The van der Waals surface area contributed by atoms with Crippen LogP contribution < -0.4 is 5.32 Å². The number of hydrogen-bond donors (Lipinski definition) is 1. The Kier molecular flexibility index (Phi) is 3.76. The first-order chi connectivity index (χ1) is 6.61. The molecule has 4 nitrogen and oxygen atoms in total. The zero-order chi connectivity index (χ0) is 10.6. The molecule has 0 fully saturated rings. The van der Waals surface area contributed by atoms with E-state index in [0.717, 1.165) is 5.69 Å². The molecular formula is C9H12N2O2S. The number of amides is 1. The molecule has 0 aromatic carbocycles. The maximum absolute atomic E-state index is 11.1. The van der Waals surface area contributed by atoms with E-state index >= 15 is 0 Å². The zero-order valence-electron chi connectivity index (χ0n) is 8.16. The highest BCUT2D eigenvalue weighted by Crippen LogP contribution is 2.15. The molecule has 1 rings (SSSR count). The molecule has 0 aliphatic rings. The molecule has 14 heavy (non-hydrogen) atoms. The van der Waals surface area contributed by atoms with Crippen LogP contribution in [0.2, 0.25) is 0 Å². The van der Waals surface area contributed by atoms with Crippen LogP contribution >= 0.6 is 11.3 Å². The molecule has 1 aromatic heterocycles. The Balaban J connectivity index is 2.59. The van der Waals surface area contributed by atoms with Crippen LogP contribution in [0.3, 0.4) is 0 Å². The van der Waals surface area contributed by atoms with E-state index in [1.165, 1.54) is 18.3 Å². The third-order valence-electron chi connectivity index (χ3n) is 1.61. The molecule has 0 saturated heterocycles. The summed E-state index contributed by atoms with van der Waals surface area (Å²) in [5.74, 6) is 0.0115. The molecular weight excluding hydrogens is 200 g/mol. The van der Waals surface area contributed by atoms with Crippen LogP contribution in [0.5, 0.6) is 0 Å². The topological polar surface area (TPSA) is 59.1 Å². The third kappa shape index (κ3) is 3.26. The summed E-state index contributed by atoms with van der Waals surface area (Å²) >= 11 is 1.34. The molecule has 1 N–H and O–H groups in total. The van der Waals surface area contributed by atoms with Gasteiger partial charge in [-0.1, -0.05) is 6.92 Å². The maximum Gasteiger partial charge on any atom is 0.223 e. The first-order valence-electron chi connectivity index (χ1n) is 4.35. The summed E-state index contributed by atoms with van der Waals surface area (Å²) in [6.07, 6.45) is 0.875. The average Bonchev–Trinajstić information content (AvgIpc) is 2.51. The molecule has 1 heterocycles. The minimum atomic E-state index is -0.146. The lowest BCUT2D eigenvalue weighted by Crippen LogP contribution is -2.06. The Morgan fingerprint density at radius 2 is 2.29 bits per heavy atom. The summed E-state index contributed by atoms with van der Waals surface area (Å²) in [5.41, 5.74) is 0.727. The van der Waals surface area contributed by atoms with Gasteiger partial charge >= 0.3 is 0 Å². The summed E-state index contributed by atoms with van der Waals surface area (Å²) in [6, 6.07) is 0. The fourth-order valence-electron chi connectivity index (χ4n) is 0.923. The number of thiazole rings is 1. The Hall–Kier alpha value is -1.23. The van der Waals surface area contributed by atoms with Crippen molar-refractivity contribution in [2.75, 3.05) is 5.32 Å². The number of carbonyl (C=O) groups excluding carboxylic acids is 2. The molecule has 0 atom stereocenters. The highest BCUT2D eigenvalue weighted by atomic mass is 32.1. The van der Waals surface area contributed by atoms with Crippen molar-refractivity contribution < 1.29 is 9.59 Å². The summed E-state index contributed by atoms with van der Waals surface area (Å²) in [5, 5.41) is 4.92. The highest BCUT2D eigenvalue weighted by molar-refractivity contribution is 7.13. The first-order valence-corrected chi connectivity index (χ1v) is 5.23. The molecule has 0 bridgehead atoms. The predicted octanol–water partition coefficient (Wildman–Crippen LogP) is 1.62. The van der Waals surface area contributed by atoms with Gasteiger partial charge in [-0.2, -0.15) is 0 Å². The Morgan fingerprint density at radius 1 is 1.57 bits per heavy atom. The van der Waals surface area contributed by atoms with Crippen molar-refractivity contribution in [3.05, 3.63) is 11.1 Å². The van der Waals surface area contributed by atoms with Crippen LogP contribution in [-0.4, -0.2) is 16.7 Å². The van der Waals surface area contributed by atoms with E-state index in [9.17, 15) is 9.59 Å². The summed E-state index contributed by atoms with van der Waals surface area (Å²) in [7, 11) is 0. The largest absolute Gasteiger partial charge is 0.302 e. The number of rotatable bonds is 4. The van der Waals surface area contributed by atoms with Gasteiger partial charge in [0, 0.05) is 25.1 Å². The lowest BCUT2D eigenvalue weighted by Gasteiger charge is -1.94. The number of nitrogens with zero attached hydrogens (tertiary/aromatic N) is 1. The molecule has 0 aliphatic heterocycles. The minimum Gasteiger partial charge on any atom is -0.302 e. The van der Waals surface area contributed by atoms with Crippen LogP contribution in [0, 0.1) is 0 Å². The second-order valence-electron chi connectivity index (χ2n) is 2.89. The number of nitrogens with one attached hydrogen (secondary N) is 1. The molecule has 76 valence electrons. The second-order valence-corrected chi connectivity index (χ2v) is 3.75. The van der Waals surface area contributed by atoms with Gasteiger partial charge in [0.05, 0.1) is 5.69 Å². The van der Waals surface area contributed by atoms with E-state index in [0.29, 0.717) is 18.0 Å². The Labute approximate surface area is 86.4 Å². The minimum absolute atomic E-state index is 0.146. The van der Waals surface area contributed by atoms with Crippen molar-refractivity contribution in [3.8, 4) is 0 Å². The molecule has 1 amide bonds. The van der Waals surface area contributed by atoms with E-state index < -0.39 is 0 Å². The normalized spacial score (nSPS) is 9.86. The second kappa shape index (κ2) is 4.85. The van der Waals surface area contributed by atoms with Crippen LogP contribution in [0.4, 0.5) is 5.13 Å². The van der Waals surface area contributed by atoms with Crippen molar-refractivity contribution in [3.63, 3.8) is 0 Å². The summed E-state index contributed by atoms with van der Waals surface area (Å²) in [4.78, 5) is 25.9. The Bertz CT molecular complexity index is 346. The van der Waals surface area contributed by atoms with Crippen LogP contribution in [0.1, 0.15) is 26.0 Å². The first kappa shape index (κ1) is 10.8. The molecule has 5 heteroatoms. The van der Waals surface area contributed by atoms with E-state index in [1.807, 2.05) is 6.92 Å². The van der Waals surface area contributed by atoms with Gasteiger partial charge in [-0.25, -0.2) is 4.98 Å². The molecule has 0 unspecified atom stereocenters. The molecule has 0 spiro atoms. The van der Waals surface area contributed by atoms with Crippen molar-refractivity contribution >= 4 is 28.2 Å². The van der Waals surface area contributed by atoms with Gasteiger partial charge in [-0.05, 0) is 0 Å². The predicted molar refractivity (Wildman–Crippen MR) is 55.4 cm³/mol. The van der Waals surface area contributed by atoms with Crippen LogP contribution in [-0.2, 0) is 16.0 Å². The van der Waals surface area contributed by atoms with Crippen LogP contribution in [0.15, 0.2) is 5.38 Å². The fourth-order valence-corrected chi connectivity index (χ4v) is 1.68. The van der Waals surface area contributed by atoms with Crippen molar-refractivity contribution in [1.82, 2.24) is 4.98 Å². The van der Waals surface area contributed by atoms with E-state index in [4.69, 9.17) is 0 Å². The SMILES string of the molecule is CCC(=O)Cc1csc(NC(C)=O)n1. The number of carbonyl (C=O) groups is 2. The van der Waals surface area contributed by atoms with Crippen LogP contribution in [0.25, 0.3) is 0 Å². The summed E-state index contributed by atoms with van der Waals surface area (Å²) in [6.45, 7) is 3.25. The average molecular weight is 212 g/mol. The Morgan fingerprint density at radius 3 is 2.86 bits per heavy atom. The molecule has 0 radical (unpaired) electrons. The van der Waals surface area contributed by atoms with E-state index in [-0.39, 0.29) is 11.7 Å². The molecule has 0 saturated carbocycles. The van der Waals surface area contributed by atoms with Gasteiger partial charge in [0.1, 0.15) is 5.78 Å². The number of aromatic nitrogens is 1. The lowest BCUT2D eigenvalue weighted by molar-refractivity contribution is -0.118. The van der Waals surface area contributed by atoms with Gasteiger partial charge in [0.15, 0.2) is 5.13 Å². The zero-order valence-corrected chi connectivity index (χ0v) is 8.98. The van der Waals surface area contributed by atoms with Gasteiger partial charge < -0.3 is 5.32 Å². The van der Waals surface area contributed by atoms with E-state index in [1.54, 1.807) is 5.38 Å². The van der Waals surface area contributed by atoms with Crippen molar-refractivity contribution in [2.24, 2.45) is 0 Å². The van der Waals surface area contributed by atoms with Gasteiger partial charge in [0.25, 0.3) is 0 Å². The highest BCUT2D eigenvalue weighted by Gasteiger charge is 2.06. The number of anilines is 1. The number of Topliss-reactive ketones (excluding diaryl/α,β-unsaturated/α-hetero) is 1. The standard InChI is InChI=1S/C9H12N2O2S/c1-3-8(13)4-7-5-14-9(11-7)10-6(2)12/h5H,3-4H2,1-2H3,(H,10,11,12). The number of ketones is 1. The summed E-state index contributed by atoms with van der Waals surface area (Å²) < 4.78 is 0. The molecule has 0 aliphatic carbocycles. The number of hydrogen-bond acceptors (Lipinski definition) is 4. The smallest absolute Gasteiger partial charge is 0.223 e. The van der Waals surface area contributed by atoms with E-state index in [2.05, 4.69) is 10.3 Å². The van der Waals surface area contributed by atoms with Crippen molar-refractivity contribution in [2.45, 2.75) is 26.7 Å². The van der Waals surface area contributed by atoms with Crippen molar-refractivity contribution in [1.29, 1.82) is 0 Å². The third-order valence-corrected chi connectivity index (χ3v) is 2.41. The van der Waals surface area contributed by atoms with Gasteiger partial charge in [-0.3, -0.25) is 9.59 Å². The molecule has 1 aromatic rings. The quantitative estimate of drug-likeness (QED) is 0.825. The monoisotopic (exact) mass is 212 g/mol. The van der Waals surface area contributed by atoms with Gasteiger partial charge in [-0.15, -0.1) is 11.3 Å². The fraction of sp³-hybridized carbons (Fsp3) is 0.444. The maximum atomic E-state index is 11.1. The lowest BCUT2D eigenvalue weighted by atomic mass is 10.2. The van der Waals surface area contributed by atoms with Gasteiger partial charge in [0.2, 0.25) is 5.91 Å².